The van der Waals surface area contributed by atoms with E-state index in [0.717, 1.165) is 6.20 Å². The van der Waals surface area contributed by atoms with Crippen molar-refractivity contribution in [3.63, 3.8) is 0 Å². The van der Waals surface area contributed by atoms with Gasteiger partial charge in [0.15, 0.2) is 11.6 Å². The van der Waals surface area contributed by atoms with Gasteiger partial charge in [-0.2, -0.15) is 15.0 Å². The highest BCUT2D eigenvalue weighted by atomic mass is 19.1. The van der Waals surface area contributed by atoms with E-state index in [0.29, 0.717) is 38.1 Å². The molecule has 0 bridgehead atoms. The van der Waals surface area contributed by atoms with Gasteiger partial charge < -0.3 is 19.7 Å². The predicted octanol–water partition coefficient (Wildman–Crippen LogP) is 0.181. The lowest BCUT2D eigenvalue weighted by atomic mass is 10.2. The Balaban J connectivity index is 1.73. The van der Waals surface area contributed by atoms with E-state index in [1.54, 1.807) is 0 Å². The zero-order valence-corrected chi connectivity index (χ0v) is 13.6. The van der Waals surface area contributed by atoms with E-state index < -0.39 is 11.7 Å². The van der Waals surface area contributed by atoms with Crippen LogP contribution in [0.2, 0.25) is 0 Å². The molecule has 0 radical (unpaired) electrons. The number of aromatic nitrogens is 4. The summed E-state index contributed by atoms with van der Waals surface area (Å²) in [6.45, 7) is 2.49. The van der Waals surface area contributed by atoms with Gasteiger partial charge in [-0.15, -0.1) is 0 Å². The van der Waals surface area contributed by atoms with Crippen molar-refractivity contribution in [3.8, 4) is 6.01 Å². The van der Waals surface area contributed by atoms with E-state index >= 15 is 0 Å². The van der Waals surface area contributed by atoms with E-state index in [1.807, 2.05) is 4.90 Å². The highest BCUT2D eigenvalue weighted by molar-refractivity contribution is 5.94. The first kappa shape index (κ1) is 17.0. The van der Waals surface area contributed by atoms with Crippen LogP contribution in [0.25, 0.3) is 0 Å². The summed E-state index contributed by atoms with van der Waals surface area (Å²) in [6, 6.07) is 1.45. The molecule has 3 rings (SSSR count). The molecule has 1 aliphatic rings. The first-order valence-corrected chi connectivity index (χ1v) is 7.66. The second kappa shape index (κ2) is 7.79. The van der Waals surface area contributed by atoms with Crippen molar-refractivity contribution in [1.82, 2.24) is 25.3 Å². The number of carbonyl (C=O) groups is 1. The topological polar surface area (TPSA) is 102 Å². The molecule has 1 amide bonds. The number of rotatable bonds is 5. The van der Waals surface area contributed by atoms with Crippen molar-refractivity contribution in [2.24, 2.45) is 0 Å². The standard InChI is InChI=1S/C15H17FN6O3/c1-24-15-20-12(19-14(21-15)22-4-6-25-7-5-22)9-18-13(23)10-2-3-17-8-11(10)16/h2-3,8H,4-7,9H2,1H3,(H,18,23). The summed E-state index contributed by atoms with van der Waals surface area (Å²) in [5.74, 6) is -0.500. The zero-order chi connectivity index (χ0) is 17.6. The number of hydrogen-bond acceptors (Lipinski definition) is 8. The monoisotopic (exact) mass is 348 g/mol. The highest BCUT2D eigenvalue weighted by Crippen LogP contribution is 2.14. The van der Waals surface area contributed by atoms with Gasteiger partial charge in [-0.25, -0.2) is 4.39 Å². The molecule has 0 saturated carbocycles. The summed E-state index contributed by atoms with van der Waals surface area (Å²) in [5.41, 5.74) is -0.0931. The van der Waals surface area contributed by atoms with Crippen LogP contribution in [0.15, 0.2) is 18.5 Å². The van der Waals surface area contributed by atoms with E-state index in [-0.39, 0.29) is 18.1 Å². The Morgan fingerprint density at radius 3 is 2.88 bits per heavy atom. The number of nitrogens with zero attached hydrogens (tertiary/aromatic N) is 5. The molecule has 25 heavy (non-hydrogen) atoms. The van der Waals surface area contributed by atoms with E-state index in [4.69, 9.17) is 9.47 Å². The van der Waals surface area contributed by atoms with Gasteiger partial charge >= 0.3 is 6.01 Å². The van der Waals surface area contributed by atoms with Gasteiger partial charge in [0.25, 0.3) is 5.91 Å². The van der Waals surface area contributed by atoms with Crippen LogP contribution >= 0.6 is 0 Å². The highest BCUT2D eigenvalue weighted by Gasteiger charge is 2.18. The number of morpholine rings is 1. The third kappa shape index (κ3) is 4.15. The quantitative estimate of drug-likeness (QED) is 0.816. The van der Waals surface area contributed by atoms with E-state index in [2.05, 4.69) is 25.3 Å². The number of pyridine rings is 1. The Labute approximate surface area is 143 Å². The fraction of sp³-hybridized carbons (Fsp3) is 0.400. The van der Waals surface area contributed by atoms with Crippen LogP contribution < -0.4 is 15.0 Å². The minimum absolute atomic E-state index is 0.0107. The third-order valence-corrected chi connectivity index (χ3v) is 3.55. The van der Waals surface area contributed by atoms with Crippen molar-refractivity contribution in [2.45, 2.75) is 6.54 Å². The Morgan fingerprint density at radius 1 is 1.36 bits per heavy atom. The Morgan fingerprint density at radius 2 is 2.16 bits per heavy atom. The minimum Gasteiger partial charge on any atom is -0.467 e. The van der Waals surface area contributed by atoms with Crippen LogP contribution in [0.3, 0.4) is 0 Å². The molecule has 0 unspecified atom stereocenters. The summed E-state index contributed by atoms with van der Waals surface area (Å²) in [7, 11) is 1.45. The minimum atomic E-state index is -0.692. The molecule has 0 atom stereocenters. The Bertz CT molecular complexity index is 754. The predicted molar refractivity (Wildman–Crippen MR) is 84.8 cm³/mol. The van der Waals surface area contributed by atoms with Crippen molar-refractivity contribution in [2.75, 3.05) is 38.3 Å². The van der Waals surface area contributed by atoms with Gasteiger partial charge in [-0.1, -0.05) is 0 Å². The lowest BCUT2D eigenvalue weighted by Gasteiger charge is -2.26. The molecule has 0 aromatic carbocycles. The van der Waals surface area contributed by atoms with Crippen LogP contribution in [0, 0.1) is 5.82 Å². The van der Waals surface area contributed by atoms with Gasteiger partial charge in [0.1, 0.15) is 0 Å². The van der Waals surface area contributed by atoms with Crippen LogP contribution in [-0.2, 0) is 11.3 Å². The van der Waals surface area contributed by atoms with Gasteiger partial charge in [0.05, 0.1) is 38.6 Å². The molecule has 1 saturated heterocycles. The number of anilines is 1. The van der Waals surface area contributed by atoms with Crippen molar-refractivity contribution >= 4 is 11.9 Å². The average molecular weight is 348 g/mol. The molecule has 0 aliphatic carbocycles. The van der Waals surface area contributed by atoms with Crippen LogP contribution in [0.4, 0.5) is 10.3 Å². The van der Waals surface area contributed by atoms with Gasteiger partial charge in [0.2, 0.25) is 5.95 Å². The number of ether oxygens (including phenoxy) is 2. The number of halogens is 1. The normalized spacial score (nSPS) is 14.2. The molecule has 132 valence electrons. The van der Waals surface area contributed by atoms with E-state index in [1.165, 1.54) is 19.4 Å². The largest absolute Gasteiger partial charge is 0.467 e. The molecule has 1 fully saturated rings. The van der Waals surface area contributed by atoms with Crippen LogP contribution in [-0.4, -0.2) is 59.3 Å². The number of hydrogen-bond donors (Lipinski definition) is 1. The molecule has 1 N–H and O–H groups in total. The summed E-state index contributed by atoms with van der Waals surface area (Å²) < 4.78 is 24.0. The number of carbonyl (C=O) groups excluding carboxylic acids is 1. The fourth-order valence-electron chi connectivity index (χ4n) is 2.28. The lowest BCUT2D eigenvalue weighted by Crippen LogP contribution is -2.37. The fourth-order valence-corrected chi connectivity index (χ4v) is 2.28. The molecule has 10 heteroatoms. The zero-order valence-electron chi connectivity index (χ0n) is 13.6. The van der Waals surface area contributed by atoms with Crippen molar-refractivity contribution in [1.29, 1.82) is 0 Å². The maximum absolute atomic E-state index is 13.6. The number of amides is 1. The van der Waals surface area contributed by atoms with Crippen LogP contribution in [0.5, 0.6) is 6.01 Å². The van der Waals surface area contributed by atoms with Crippen LogP contribution in [0.1, 0.15) is 16.2 Å². The van der Waals surface area contributed by atoms with Crippen molar-refractivity contribution in [3.05, 3.63) is 35.7 Å². The summed E-state index contributed by atoms with van der Waals surface area (Å²) in [4.78, 5) is 30.3. The molecular weight excluding hydrogens is 331 g/mol. The molecule has 2 aromatic heterocycles. The average Bonchev–Trinajstić information content (AvgIpc) is 2.67. The maximum atomic E-state index is 13.6. The first-order valence-electron chi connectivity index (χ1n) is 7.66. The molecular formula is C15H17FN6O3. The smallest absolute Gasteiger partial charge is 0.321 e. The molecule has 9 nitrogen and oxygen atoms in total. The Hall–Kier alpha value is -2.88. The van der Waals surface area contributed by atoms with Gasteiger partial charge in [-0.05, 0) is 6.07 Å². The van der Waals surface area contributed by atoms with Gasteiger partial charge in [-0.3, -0.25) is 9.78 Å². The van der Waals surface area contributed by atoms with E-state index in [9.17, 15) is 9.18 Å². The lowest BCUT2D eigenvalue weighted by molar-refractivity contribution is 0.0945. The van der Waals surface area contributed by atoms with Gasteiger partial charge in [0, 0.05) is 19.3 Å². The third-order valence-electron chi connectivity index (χ3n) is 3.55. The Kier molecular flexibility index (Phi) is 5.29. The van der Waals surface area contributed by atoms with Crippen molar-refractivity contribution < 1.29 is 18.7 Å². The number of methoxy groups -OCH3 is 1. The molecule has 3 heterocycles. The first-order chi connectivity index (χ1) is 12.2. The summed E-state index contributed by atoms with van der Waals surface area (Å²) in [5, 5.41) is 2.58. The maximum Gasteiger partial charge on any atom is 0.321 e. The second-order valence-corrected chi connectivity index (χ2v) is 5.18. The molecule has 0 spiro atoms. The molecule has 1 aliphatic heterocycles. The second-order valence-electron chi connectivity index (χ2n) is 5.18. The summed E-state index contributed by atoms with van der Waals surface area (Å²) >= 11 is 0. The summed E-state index contributed by atoms with van der Waals surface area (Å²) in [6.07, 6.45) is 2.33. The SMILES string of the molecule is COc1nc(CNC(=O)c2ccncc2F)nc(N2CCOCC2)n1. The number of nitrogens with one attached hydrogen (secondary N) is 1. The molecule has 2 aromatic rings.